The van der Waals surface area contributed by atoms with E-state index in [1.165, 1.54) is 0 Å². The Kier molecular flexibility index (Phi) is 5.30. The van der Waals surface area contributed by atoms with Crippen LogP contribution in [0.1, 0.15) is 17.4 Å². The van der Waals surface area contributed by atoms with Crippen molar-refractivity contribution in [2.45, 2.75) is 12.7 Å². The van der Waals surface area contributed by atoms with Crippen molar-refractivity contribution in [2.24, 2.45) is 0 Å². The molecule has 2 aromatic carbocycles. The van der Waals surface area contributed by atoms with Crippen molar-refractivity contribution in [3.05, 3.63) is 68.6 Å². The Labute approximate surface area is 176 Å². The number of anilines is 3. The van der Waals surface area contributed by atoms with Crippen LogP contribution in [0.4, 0.5) is 21.9 Å². The number of halogens is 2. The van der Waals surface area contributed by atoms with Crippen LogP contribution in [0.3, 0.4) is 0 Å². The third-order valence-corrected chi connectivity index (χ3v) is 5.71. The van der Waals surface area contributed by atoms with Gasteiger partial charge in [0.1, 0.15) is 6.17 Å². The van der Waals surface area contributed by atoms with Crippen molar-refractivity contribution in [1.29, 1.82) is 0 Å². The molecule has 144 valence electrons. The number of fused-ring (bicyclic) bond motifs is 1. The van der Waals surface area contributed by atoms with Crippen LogP contribution in [0.2, 0.25) is 10.0 Å². The summed E-state index contributed by atoms with van der Waals surface area (Å²) in [6.45, 7) is 0.416. The zero-order valence-corrected chi connectivity index (χ0v) is 17.2. The van der Waals surface area contributed by atoms with E-state index in [0.29, 0.717) is 22.3 Å². The van der Waals surface area contributed by atoms with Gasteiger partial charge in [0.15, 0.2) is 0 Å². The van der Waals surface area contributed by atoms with Crippen molar-refractivity contribution in [3.63, 3.8) is 0 Å². The van der Waals surface area contributed by atoms with Crippen LogP contribution in [-0.2, 0) is 6.54 Å². The first-order valence-electron chi connectivity index (χ1n) is 8.51. The highest BCUT2D eigenvalue weighted by Gasteiger charge is 2.23. The van der Waals surface area contributed by atoms with Gasteiger partial charge in [-0.05, 0) is 35.9 Å². The average Bonchev–Trinajstić information content (AvgIpc) is 3.33. The molecule has 2 amide bonds. The molecular formula is C19H17Cl2N5OS. The van der Waals surface area contributed by atoms with Gasteiger partial charge in [0, 0.05) is 24.7 Å². The maximum absolute atomic E-state index is 12.5. The van der Waals surface area contributed by atoms with E-state index < -0.39 is 0 Å². The minimum atomic E-state index is -0.215. The Morgan fingerprint density at radius 3 is 2.75 bits per heavy atom. The molecule has 28 heavy (non-hydrogen) atoms. The summed E-state index contributed by atoms with van der Waals surface area (Å²) in [6.07, 6.45) is -0.0653. The fraction of sp³-hybridized carbons (Fsp3) is 0.158. The van der Waals surface area contributed by atoms with E-state index in [0.717, 1.165) is 22.6 Å². The molecule has 3 N–H and O–H groups in total. The van der Waals surface area contributed by atoms with Gasteiger partial charge >= 0.3 is 6.03 Å². The smallest absolute Gasteiger partial charge is 0.321 e. The SMILES string of the molecule is CN(Cc1ccc(Cl)c(Cl)c1)C(=O)Nc1ccc2c(c1)NC(c1cscn1)N2. The molecule has 0 fully saturated rings. The lowest BCUT2D eigenvalue weighted by Crippen LogP contribution is -2.30. The van der Waals surface area contributed by atoms with Gasteiger partial charge in [-0.1, -0.05) is 29.3 Å². The second-order valence-corrected chi connectivity index (χ2v) is 7.96. The summed E-state index contributed by atoms with van der Waals surface area (Å²) in [5, 5.41) is 12.6. The molecule has 0 saturated heterocycles. The number of amides is 2. The molecule has 1 aliphatic rings. The van der Waals surface area contributed by atoms with E-state index in [9.17, 15) is 4.79 Å². The van der Waals surface area contributed by atoms with Crippen LogP contribution >= 0.6 is 34.5 Å². The first-order valence-corrected chi connectivity index (χ1v) is 10.2. The predicted molar refractivity (Wildman–Crippen MR) is 115 cm³/mol. The molecule has 0 bridgehead atoms. The molecule has 2 heterocycles. The van der Waals surface area contributed by atoms with Crippen molar-refractivity contribution in [2.75, 3.05) is 23.0 Å². The number of benzene rings is 2. The van der Waals surface area contributed by atoms with Gasteiger partial charge in [-0.3, -0.25) is 0 Å². The summed E-state index contributed by atoms with van der Waals surface area (Å²) in [4.78, 5) is 18.4. The summed E-state index contributed by atoms with van der Waals surface area (Å²) in [5.74, 6) is 0. The van der Waals surface area contributed by atoms with Gasteiger partial charge < -0.3 is 20.9 Å². The number of rotatable bonds is 4. The van der Waals surface area contributed by atoms with E-state index in [4.69, 9.17) is 23.2 Å². The number of nitrogens with one attached hydrogen (secondary N) is 3. The highest BCUT2D eigenvalue weighted by Crippen LogP contribution is 2.36. The summed E-state index contributed by atoms with van der Waals surface area (Å²) >= 11 is 13.5. The first kappa shape index (κ1) is 18.9. The molecule has 0 radical (unpaired) electrons. The number of hydrogen-bond acceptors (Lipinski definition) is 5. The van der Waals surface area contributed by atoms with Crippen molar-refractivity contribution < 1.29 is 4.79 Å². The second kappa shape index (κ2) is 7.87. The maximum Gasteiger partial charge on any atom is 0.321 e. The van der Waals surface area contributed by atoms with Crippen molar-refractivity contribution >= 4 is 57.6 Å². The lowest BCUT2D eigenvalue weighted by Gasteiger charge is -2.18. The summed E-state index contributed by atoms with van der Waals surface area (Å²) in [5.41, 5.74) is 6.24. The summed E-state index contributed by atoms with van der Waals surface area (Å²) in [7, 11) is 1.73. The zero-order valence-electron chi connectivity index (χ0n) is 14.9. The normalized spacial score (nSPS) is 14.8. The number of urea groups is 1. The molecule has 3 aromatic rings. The topological polar surface area (TPSA) is 69.3 Å². The predicted octanol–water partition coefficient (Wildman–Crippen LogP) is 5.65. The summed E-state index contributed by atoms with van der Waals surface area (Å²) in [6, 6.07) is 10.8. The summed E-state index contributed by atoms with van der Waals surface area (Å²) < 4.78 is 0. The molecule has 6 nitrogen and oxygen atoms in total. The average molecular weight is 434 g/mol. The minimum Gasteiger partial charge on any atom is -0.359 e. The van der Waals surface area contributed by atoms with Gasteiger partial charge in [0.25, 0.3) is 0 Å². The van der Waals surface area contributed by atoms with Crippen molar-refractivity contribution in [3.8, 4) is 0 Å². The standard InChI is InChI=1S/C19H17Cl2N5OS/c1-26(8-11-2-4-13(20)14(21)6-11)19(27)23-12-3-5-15-16(7-12)25-18(24-15)17-9-28-10-22-17/h2-7,9-10,18,24-25H,8H2,1H3,(H,23,27). The number of carbonyl (C=O) groups excluding carboxylic acids is 1. The van der Waals surface area contributed by atoms with Gasteiger partial charge in [0.2, 0.25) is 0 Å². The quantitative estimate of drug-likeness (QED) is 0.496. The van der Waals surface area contributed by atoms with Crippen LogP contribution in [0, 0.1) is 0 Å². The van der Waals surface area contributed by atoms with E-state index >= 15 is 0 Å². The third kappa shape index (κ3) is 4.01. The van der Waals surface area contributed by atoms with E-state index in [-0.39, 0.29) is 12.2 Å². The first-order chi connectivity index (χ1) is 13.5. The molecule has 1 atom stereocenters. The van der Waals surface area contributed by atoms with E-state index in [1.807, 2.05) is 29.6 Å². The monoisotopic (exact) mass is 433 g/mol. The van der Waals surface area contributed by atoms with Gasteiger partial charge in [0.05, 0.1) is 32.6 Å². The van der Waals surface area contributed by atoms with Crippen LogP contribution in [0.5, 0.6) is 0 Å². The number of thiazole rings is 1. The highest BCUT2D eigenvalue weighted by atomic mass is 35.5. The highest BCUT2D eigenvalue weighted by molar-refractivity contribution is 7.07. The molecule has 1 aliphatic heterocycles. The minimum absolute atomic E-state index is 0.0653. The number of hydrogen-bond donors (Lipinski definition) is 3. The molecule has 0 aliphatic carbocycles. The number of nitrogens with zero attached hydrogens (tertiary/aromatic N) is 2. The number of carbonyl (C=O) groups is 1. The Balaban J connectivity index is 1.40. The molecule has 1 aromatic heterocycles. The zero-order chi connectivity index (χ0) is 19.7. The lowest BCUT2D eigenvalue weighted by atomic mass is 10.2. The van der Waals surface area contributed by atoms with Gasteiger partial charge in [-0.25, -0.2) is 9.78 Å². The lowest BCUT2D eigenvalue weighted by molar-refractivity contribution is 0.220. The molecule has 0 saturated carbocycles. The molecular weight excluding hydrogens is 417 g/mol. The van der Waals surface area contributed by atoms with Crippen LogP contribution in [-0.4, -0.2) is 23.0 Å². The number of aromatic nitrogens is 1. The van der Waals surface area contributed by atoms with Gasteiger partial charge in [-0.2, -0.15) is 0 Å². The van der Waals surface area contributed by atoms with Crippen LogP contribution in [0.15, 0.2) is 47.3 Å². The Morgan fingerprint density at radius 1 is 1.18 bits per heavy atom. The molecule has 1 unspecified atom stereocenters. The second-order valence-electron chi connectivity index (χ2n) is 6.43. The van der Waals surface area contributed by atoms with Crippen LogP contribution in [0.25, 0.3) is 0 Å². The van der Waals surface area contributed by atoms with E-state index in [1.54, 1.807) is 40.9 Å². The molecule has 9 heteroatoms. The largest absolute Gasteiger partial charge is 0.359 e. The van der Waals surface area contributed by atoms with Crippen molar-refractivity contribution in [1.82, 2.24) is 9.88 Å². The van der Waals surface area contributed by atoms with Crippen LogP contribution < -0.4 is 16.0 Å². The molecule has 0 spiro atoms. The van der Waals surface area contributed by atoms with Gasteiger partial charge in [-0.15, -0.1) is 11.3 Å². The maximum atomic E-state index is 12.5. The fourth-order valence-electron chi connectivity index (χ4n) is 2.93. The Bertz CT molecular complexity index is 1010. The van der Waals surface area contributed by atoms with E-state index in [2.05, 4.69) is 20.9 Å². The third-order valence-electron chi connectivity index (χ3n) is 4.37. The fourth-order valence-corrected chi connectivity index (χ4v) is 3.83. The Hall–Kier alpha value is -2.48. The molecule has 4 rings (SSSR count). The Morgan fingerprint density at radius 2 is 2.00 bits per heavy atom.